The normalized spacial score (nSPS) is 20.7. The average molecular weight is 544 g/mol. The molecule has 190 valence electrons. The first-order chi connectivity index (χ1) is 16.7. The Bertz CT molecular complexity index is 1130. The number of carboxylic acids is 1. The highest BCUT2D eigenvalue weighted by molar-refractivity contribution is 7.17. The van der Waals surface area contributed by atoms with E-state index >= 15 is 0 Å². The van der Waals surface area contributed by atoms with E-state index < -0.39 is 12.1 Å². The Morgan fingerprint density at radius 2 is 1.89 bits per heavy atom. The van der Waals surface area contributed by atoms with Crippen LogP contribution in [-0.2, 0) is 4.74 Å². The third kappa shape index (κ3) is 5.28. The van der Waals surface area contributed by atoms with Gasteiger partial charge < -0.3 is 29.9 Å². The number of anilines is 1. The first kappa shape index (κ1) is 25.7. The molecular formula is C22H27Cl2N5O5S. The number of aromatic carboxylic acids is 1. The number of aromatic amines is 1. The van der Waals surface area contributed by atoms with Crippen LogP contribution in [0.5, 0.6) is 0 Å². The number of likely N-dealkylation sites (tertiary alicyclic amines) is 1. The number of ether oxygens (including phenoxy) is 1. The minimum absolute atomic E-state index is 0.0163. The van der Waals surface area contributed by atoms with E-state index in [0.29, 0.717) is 48.4 Å². The predicted octanol–water partition coefficient (Wildman–Crippen LogP) is 3.43. The molecule has 13 heteroatoms. The number of nitrogens with zero attached hydrogens (tertiary/aromatic N) is 3. The zero-order chi connectivity index (χ0) is 25.3. The number of hydrogen-bond acceptors (Lipinski definition) is 7. The van der Waals surface area contributed by atoms with Crippen LogP contribution in [0.25, 0.3) is 0 Å². The molecule has 0 radical (unpaired) electrons. The van der Waals surface area contributed by atoms with Gasteiger partial charge in [-0.1, -0.05) is 34.5 Å². The minimum Gasteiger partial charge on any atom is -0.477 e. The van der Waals surface area contributed by atoms with E-state index in [1.807, 2.05) is 4.90 Å². The summed E-state index contributed by atoms with van der Waals surface area (Å²) in [5.41, 5.74) is 0.781. The lowest BCUT2D eigenvalue weighted by Crippen LogP contribution is -2.55. The smallest absolute Gasteiger partial charge is 0.348 e. The Hall–Kier alpha value is -2.34. The van der Waals surface area contributed by atoms with Gasteiger partial charge in [-0.05, 0) is 32.6 Å². The molecule has 4 rings (SSSR count). The number of amides is 2. The molecule has 2 aliphatic rings. The number of aryl methyl sites for hydroxylation is 1. The highest BCUT2D eigenvalue weighted by atomic mass is 35.5. The third-order valence-electron chi connectivity index (χ3n) is 6.39. The number of carbonyl (C=O) groups excluding carboxylic acids is 2. The maximum atomic E-state index is 13.0. The minimum atomic E-state index is -1.17. The standard InChI is InChI=1S/C22H27Cl2N5O5S/c1-11-14(23)15(24)16(25-11)19(30)26-12-6-9-29(10-13(12)34-2)22-27-17(18(35-22)21(32)33)20(31)28-7-4-3-5-8-28/h12-13,25H,3-10H2,1-2H3,(H,26,30)(H,32,33)/t12-,13+/m1/s1. The highest BCUT2D eigenvalue weighted by Gasteiger charge is 2.35. The number of carboxylic acid groups (broad SMARTS) is 1. The van der Waals surface area contributed by atoms with Crippen LogP contribution in [0, 0.1) is 6.92 Å². The molecule has 2 amide bonds. The van der Waals surface area contributed by atoms with Gasteiger partial charge in [0.25, 0.3) is 11.8 Å². The van der Waals surface area contributed by atoms with Crippen LogP contribution in [0.3, 0.4) is 0 Å². The topological polar surface area (TPSA) is 128 Å². The van der Waals surface area contributed by atoms with Crippen LogP contribution < -0.4 is 10.2 Å². The zero-order valence-electron chi connectivity index (χ0n) is 19.4. The van der Waals surface area contributed by atoms with E-state index in [4.69, 9.17) is 27.9 Å². The Morgan fingerprint density at radius 1 is 1.17 bits per heavy atom. The van der Waals surface area contributed by atoms with Crippen molar-refractivity contribution < 1.29 is 24.2 Å². The van der Waals surface area contributed by atoms with Crippen molar-refractivity contribution in [1.82, 2.24) is 20.2 Å². The molecule has 2 aromatic heterocycles. The molecule has 10 nitrogen and oxygen atoms in total. The van der Waals surface area contributed by atoms with Gasteiger partial charge in [0.1, 0.15) is 10.6 Å². The second-order valence-electron chi connectivity index (χ2n) is 8.67. The highest BCUT2D eigenvalue weighted by Crippen LogP contribution is 2.32. The maximum Gasteiger partial charge on any atom is 0.348 e. The van der Waals surface area contributed by atoms with Gasteiger partial charge in [-0.3, -0.25) is 9.59 Å². The van der Waals surface area contributed by atoms with Crippen LogP contribution in [0.2, 0.25) is 10.0 Å². The molecule has 2 fully saturated rings. The zero-order valence-corrected chi connectivity index (χ0v) is 21.7. The predicted molar refractivity (Wildman–Crippen MR) is 133 cm³/mol. The third-order valence-corrected chi connectivity index (χ3v) is 8.44. The first-order valence-electron chi connectivity index (χ1n) is 11.4. The molecule has 0 spiro atoms. The Balaban J connectivity index is 1.48. The fourth-order valence-corrected chi connectivity index (χ4v) is 5.79. The Labute approximate surface area is 216 Å². The van der Waals surface area contributed by atoms with Crippen molar-refractivity contribution in [3.8, 4) is 0 Å². The van der Waals surface area contributed by atoms with E-state index in [2.05, 4.69) is 15.3 Å². The summed E-state index contributed by atoms with van der Waals surface area (Å²) in [7, 11) is 1.55. The number of piperidine rings is 2. The fraction of sp³-hybridized carbons (Fsp3) is 0.545. The SMILES string of the molecule is CO[C@H]1CN(c2nc(C(=O)N3CCCCC3)c(C(=O)O)s2)CC[C@H]1NC(=O)c1[nH]c(C)c(Cl)c1Cl. The Morgan fingerprint density at radius 3 is 2.49 bits per heavy atom. The molecule has 0 bridgehead atoms. The summed E-state index contributed by atoms with van der Waals surface area (Å²) in [6, 6.07) is -0.310. The fourth-order valence-electron chi connectivity index (χ4n) is 4.44. The number of hydrogen-bond donors (Lipinski definition) is 3. The van der Waals surface area contributed by atoms with Crippen LogP contribution in [0.1, 0.15) is 62.0 Å². The second kappa shape index (κ2) is 10.7. The summed E-state index contributed by atoms with van der Waals surface area (Å²) in [5, 5.41) is 13.6. The van der Waals surface area contributed by atoms with Crippen molar-refractivity contribution >= 4 is 57.5 Å². The number of rotatable bonds is 6. The molecule has 0 saturated carbocycles. The lowest BCUT2D eigenvalue weighted by molar-refractivity contribution is 0.0540. The molecule has 4 heterocycles. The lowest BCUT2D eigenvalue weighted by Gasteiger charge is -2.37. The van der Waals surface area contributed by atoms with Crippen LogP contribution in [0.4, 0.5) is 5.13 Å². The molecular weight excluding hydrogens is 517 g/mol. The number of nitrogens with one attached hydrogen (secondary N) is 2. The summed E-state index contributed by atoms with van der Waals surface area (Å²) in [6.07, 6.45) is 2.99. The quantitative estimate of drug-likeness (QED) is 0.509. The van der Waals surface area contributed by atoms with E-state index in [-0.39, 0.29) is 39.1 Å². The second-order valence-corrected chi connectivity index (χ2v) is 10.4. The average Bonchev–Trinajstić information content (AvgIpc) is 3.42. The molecule has 3 N–H and O–H groups in total. The van der Waals surface area contributed by atoms with Crippen LogP contribution >= 0.6 is 34.5 Å². The van der Waals surface area contributed by atoms with Crippen molar-refractivity contribution in [2.75, 3.05) is 38.2 Å². The van der Waals surface area contributed by atoms with Gasteiger partial charge in [0, 0.05) is 39.0 Å². The van der Waals surface area contributed by atoms with Gasteiger partial charge in [0.2, 0.25) is 0 Å². The van der Waals surface area contributed by atoms with Crippen molar-refractivity contribution in [3.63, 3.8) is 0 Å². The summed E-state index contributed by atoms with van der Waals surface area (Å²) in [6.45, 7) is 3.80. The lowest BCUT2D eigenvalue weighted by atomic mass is 10.0. The van der Waals surface area contributed by atoms with Crippen molar-refractivity contribution in [1.29, 1.82) is 0 Å². The molecule has 0 unspecified atom stereocenters. The van der Waals surface area contributed by atoms with E-state index in [0.717, 1.165) is 30.6 Å². The number of aromatic nitrogens is 2. The van der Waals surface area contributed by atoms with Gasteiger partial charge in [0.15, 0.2) is 10.8 Å². The number of methoxy groups -OCH3 is 1. The van der Waals surface area contributed by atoms with E-state index in [1.54, 1.807) is 18.9 Å². The summed E-state index contributed by atoms with van der Waals surface area (Å²) < 4.78 is 5.64. The van der Waals surface area contributed by atoms with Gasteiger partial charge in [0.05, 0.1) is 22.2 Å². The number of thiazole rings is 1. The molecule has 0 aliphatic carbocycles. The summed E-state index contributed by atoms with van der Waals surface area (Å²) >= 11 is 13.2. The van der Waals surface area contributed by atoms with Crippen molar-refractivity contribution in [2.45, 2.75) is 44.8 Å². The number of H-pyrrole nitrogens is 1. The first-order valence-corrected chi connectivity index (χ1v) is 12.9. The monoisotopic (exact) mass is 543 g/mol. The molecule has 0 aromatic carbocycles. The molecule has 2 saturated heterocycles. The van der Waals surface area contributed by atoms with E-state index in [9.17, 15) is 19.5 Å². The Kier molecular flexibility index (Phi) is 7.89. The molecule has 2 atom stereocenters. The molecule has 35 heavy (non-hydrogen) atoms. The maximum absolute atomic E-state index is 13.0. The van der Waals surface area contributed by atoms with Crippen LogP contribution in [-0.4, -0.2) is 83.2 Å². The van der Waals surface area contributed by atoms with Gasteiger partial charge in [-0.25, -0.2) is 9.78 Å². The largest absolute Gasteiger partial charge is 0.477 e. The van der Waals surface area contributed by atoms with Gasteiger partial charge >= 0.3 is 5.97 Å². The van der Waals surface area contributed by atoms with Crippen molar-refractivity contribution in [2.24, 2.45) is 0 Å². The van der Waals surface area contributed by atoms with Crippen LogP contribution in [0.15, 0.2) is 0 Å². The van der Waals surface area contributed by atoms with Crippen molar-refractivity contribution in [3.05, 3.63) is 32.0 Å². The van der Waals surface area contributed by atoms with E-state index in [1.165, 1.54) is 0 Å². The summed E-state index contributed by atoms with van der Waals surface area (Å²) in [4.78, 5) is 48.5. The number of halogens is 2. The van der Waals surface area contributed by atoms with Gasteiger partial charge in [-0.2, -0.15) is 0 Å². The summed E-state index contributed by atoms with van der Waals surface area (Å²) in [5.74, 6) is -1.90. The molecule has 2 aliphatic heterocycles. The molecule has 2 aromatic rings. The number of carbonyl (C=O) groups is 3. The van der Waals surface area contributed by atoms with Gasteiger partial charge in [-0.15, -0.1) is 0 Å².